The van der Waals surface area contributed by atoms with Gasteiger partial charge in [0.05, 0.1) is 17.0 Å². The number of aromatic nitrogens is 1. The fraction of sp³-hybridized carbons (Fsp3) is 0.111. The molecule has 0 saturated carbocycles. The fourth-order valence-electron chi connectivity index (χ4n) is 2.87. The van der Waals surface area contributed by atoms with Crippen LogP contribution in [0.4, 0.5) is 0 Å². The van der Waals surface area contributed by atoms with Gasteiger partial charge in [-0.15, -0.1) is 0 Å². The molecule has 3 rings (SSSR count). The van der Waals surface area contributed by atoms with Crippen LogP contribution >= 0.6 is 23.2 Å². The van der Waals surface area contributed by atoms with Crippen molar-refractivity contribution >= 4 is 45.9 Å². The van der Waals surface area contributed by atoms with Crippen LogP contribution < -0.4 is 5.73 Å². The molecule has 0 bridgehead atoms. The number of rotatable bonds is 3. The molecule has 0 aliphatic heterocycles. The Balaban J connectivity index is 2.28. The summed E-state index contributed by atoms with van der Waals surface area (Å²) in [7, 11) is 0. The molecule has 1 aromatic heterocycles. The summed E-state index contributed by atoms with van der Waals surface area (Å²) in [6.07, 6.45) is -0.0513. The van der Waals surface area contributed by atoms with Crippen molar-refractivity contribution in [1.82, 2.24) is 4.57 Å². The van der Waals surface area contributed by atoms with Crippen molar-refractivity contribution in [2.45, 2.75) is 13.3 Å². The van der Waals surface area contributed by atoms with Crippen LogP contribution in [0.1, 0.15) is 21.6 Å². The van der Waals surface area contributed by atoms with Gasteiger partial charge < -0.3 is 10.8 Å². The summed E-state index contributed by atoms with van der Waals surface area (Å²) in [6.45, 7) is 1.72. The average molecular weight is 377 g/mol. The highest BCUT2D eigenvalue weighted by molar-refractivity contribution is 6.33. The Morgan fingerprint density at radius 3 is 2.40 bits per heavy atom. The second-order valence-corrected chi connectivity index (χ2v) is 6.52. The minimum Gasteiger partial charge on any atom is -0.506 e. The number of carbonyl (C=O) groups is 2. The molecule has 1 heterocycles. The molecule has 0 spiro atoms. The molecule has 5 nitrogen and oxygen atoms in total. The second-order valence-electron chi connectivity index (χ2n) is 5.68. The Kier molecular flexibility index (Phi) is 4.45. The van der Waals surface area contributed by atoms with E-state index in [0.717, 1.165) is 0 Å². The van der Waals surface area contributed by atoms with Gasteiger partial charge in [-0.1, -0.05) is 23.2 Å². The monoisotopic (exact) mass is 376 g/mol. The zero-order chi connectivity index (χ0) is 18.3. The van der Waals surface area contributed by atoms with Gasteiger partial charge in [-0.05, 0) is 48.9 Å². The number of phenols is 1. The third-order valence-corrected chi connectivity index (χ3v) is 4.60. The topological polar surface area (TPSA) is 85.3 Å². The normalized spacial score (nSPS) is 11.0. The summed E-state index contributed by atoms with van der Waals surface area (Å²) in [5.74, 6) is -0.955. The maximum Gasteiger partial charge on any atom is 0.262 e. The first-order valence-corrected chi connectivity index (χ1v) is 8.16. The molecule has 0 aliphatic carbocycles. The maximum atomic E-state index is 13.0. The molecule has 0 saturated heterocycles. The number of hydrogen-bond donors (Lipinski definition) is 2. The Morgan fingerprint density at radius 1 is 1.16 bits per heavy atom. The Bertz CT molecular complexity index is 1010. The number of halogens is 2. The predicted octanol–water partition coefficient (Wildman–Crippen LogP) is 3.68. The van der Waals surface area contributed by atoms with Crippen LogP contribution in [0.15, 0.2) is 36.4 Å². The van der Waals surface area contributed by atoms with E-state index in [1.54, 1.807) is 31.2 Å². The predicted molar refractivity (Wildman–Crippen MR) is 97.4 cm³/mol. The van der Waals surface area contributed by atoms with Gasteiger partial charge in [-0.3, -0.25) is 14.2 Å². The number of hydrogen-bond acceptors (Lipinski definition) is 3. The highest BCUT2D eigenvalue weighted by Gasteiger charge is 2.22. The number of carbonyl (C=O) groups excluding carboxylic acids is 2. The number of benzene rings is 2. The van der Waals surface area contributed by atoms with Gasteiger partial charge in [0.2, 0.25) is 5.91 Å². The Labute approximate surface area is 153 Å². The van der Waals surface area contributed by atoms with Crippen LogP contribution in [-0.4, -0.2) is 21.5 Å². The number of amides is 1. The Morgan fingerprint density at radius 2 is 1.80 bits per heavy atom. The Hall–Kier alpha value is -2.50. The first-order chi connectivity index (χ1) is 11.8. The number of nitrogens with zero attached hydrogens (tertiary/aromatic N) is 1. The number of primary amides is 1. The van der Waals surface area contributed by atoms with Crippen LogP contribution in [0.25, 0.3) is 10.9 Å². The van der Waals surface area contributed by atoms with Crippen molar-refractivity contribution in [3.05, 3.63) is 63.3 Å². The van der Waals surface area contributed by atoms with Crippen LogP contribution in [0, 0.1) is 6.92 Å². The zero-order valence-corrected chi connectivity index (χ0v) is 14.7. The largest absolute Gasteiger partial charge is 0.506 e. The van der Waals surface area contributed by atoms with E-state index in [1.807, 2.05) is 0 Å². The van der Waals surface area contributed by atoms with E-state index in [2.05, 4.69) is 0 Å². The van der Waals surface area contributed by atoms with E-state index in [1.165, 1.54) is 16.7 Å². The standard InChI is InChI=1S/C18H14Cl2N2O3/c1-9-12(7-17(21)24)13-6-16(23)14(20)8-15(13)22(9)18(25)10-2-4-11(19)5-3-10/h2-6,8,23H,7H2,1H3,(H2,21,24). The van der Waals surface area contributed by atoms with E-state index in [0.29, 0.717) is 32.7 Å². The molecule has 128 valence electrons. The molecule has 0 radical (unpaired) electrons. The summed E-state index contributed by atoms with van der Waals surface area (Å²) in [5, 5.41) is 11.1. The van der Waals surface area contributed by atoms with E-state index in [-0.39, 0.29) is 23.1 Å². The van der Waals surface area contributed by atoms with Gasteiger partial charge in [0, 0.05) is 21.7 Å². The summed E-state index contributed by atoms with van der Waals surface area (Å²) in [4.78, 5) is 24.4. The van der Waals surface area contributed by atoms with Crippen LogP contribution in [0.3, 0.4) is 0 Å². The van der Waals surface area contributed by atoms with E-state index >= 15 is 0 Å². The number of nitrogens with two attached hydrogens (primary N) is 1. The summed E-state index contributed by atoms with van der Waals surface area (Å²) < 4.78 is 1.46. The molecule has 0 fully saturated rings. The average Bonchev–Trinajstić information content (AvgIpc) is 2.80. The quantitative estimate of drug-likeness (QED) is 0.730. The van der Waals surface area contributed by atoms with Crippen molar-refractivity contribution in [3.63, 3.8) is 0 Å². The van der Waals surface area contributed by atoms with Crippen LogP contribution in [0.2, 0.25) is 10.0 Å². The van der Waals surface area contributed by atoms with Crippen LogP contribution in [-0.2, 0) is 11.2 Å². The van der Waals surface area contributed by atoms with E-state index in [4.69, 9.17) is 28.9 Å². The summed E-state index contributed by atoms with van der Waals surface area (Å²) in [5.41, 5.74) is 7.40. The van der Waals surface area contributed by atoms with Gasteiger partial charge in [0.15, 0.2) is 0 Å². The molecular formula is C18H14Cl2N2O3. The molecule has 25 heavy (non-hydrogen) atoms. The molecular weight excluding hydrogens is 363 g/mol. The summed E-state index contributed by atoms with van der Waals surface area (Å²) >= 11 is 11.9. The van der Waals surface area contributed by atoms with Gasteiger partial charge in [-0.2, -0.15) is 0 Å². The molecule has 7 heteroatoms. The number of fused-ring (bicyclic) bond motifs is 1. The first-order valence-electron chi connectivity index (χ1n) is 7.40. The van der Waals surface area contributed by atoms with Gasteiger partial charge in [0.25, 0.3) is 5.91 Å². The second kappa shape index (κ2) is 6.43. The lowest BCUT2D eigenvalue weighted by Crippen LogP contribution is -2.16. The third-order valence-electron chi connectivity index (χ3n) is 4.05. The molecule has 3 aromatic rings. The highest BCUT2D eigenvalue weighted by atomic mass is 35.5. The lowest BCUT2D eigenvalue weighted by atomic mass is 10.1. The number of aromatic hydroxyl groups is 1. The van der Waals surface area contributed by atoms with Crippen molar-refractivity contribution in [2.24, 2.45) is 5.73 Å². The molecule has 0 aliphatic rings. The molecule has 0 unspecified atom stereocenters. The van der Waals surface area contributed by atoms with Crippen molar-refractivity contribution in [3.8, 4) is 5.75 Å². The van der Waals surface area contributed by atoms with Crippen molar-refractivity contribution < 1.29 is 14.7 Å². The molecule has 1 amide bonds. The maximum absolute atomic E-state index is 13.0. The molecule has 2 aromatic carbocycles. The summed E-state index contributed by atoms with van der Waals surface area (Å²) in [6, 6.07) is 9.42. The van der Waals surface area contributed by atoms with Crippen molar-refractivity contribution in [1.29, 1.82) is 0 Å². The van der Waals surface area contributed by atoms with Gasteiger partial charge in [0.1, 0.15) is 5.75 Å². The van der Waals surface area contributed by atoms with Crippen molar-refractivity contribution in [2.75, 3.05) is 0 Å². The lowest BCUT2D eigenvalue weighted by Gasteiger charge is -2.08. The minimum absolute atomic E-state index is 0.0513. The fourth-order valence-corrected chi connectivity index (χ4v) is 3.15. The van der Waals surface area contributed by atoms with Gasteiger partial charge >= 0.3 is 0 Å². The highest BCUT2D eigenvalue weighted by Crippen LogP contribution is 2.34. The third kappa shape index (κ3) is 3.08. The van der Waals surface area contributed by atoms with Crippen LogP contribution in [0.5, 0.6) is 5.75 Å². The van der Waals surface area contributed by atoms with Gasteiger partial charge in [-0.25, -0.2) is 0 Å². The SMILES string of the molecule is Cc1c(CC(N)=O)c2cc(O)c(Cl)cc2n1C(=O)c1ccc(Cl)cc1. The molecule has 3 N–H and O–H groups in total. The smallest absolute Gasteiger partial charge is 0.262 e. The van der Waals surface area contributed by atoms with E-state index < -0.39 is 5.91 Å². The minimum atomic E-state index is -0.532. The number of phenolic OH excluding ortho intramolecular Hbond substituents is 1. The van der Waals surface area contributed by atoms with E-state index in [9.17, 15) is 14.7 Å². The first kappa shape index (κ1) is 17.3. The molecule has 0 atom stereocenters. The lowest BCUT2D eigenvalue weighted by molar-refractivity contribution is -0.117. The zero-order valence-electron chi connectivity index (χ0n) is 13.2.